The van der Waals surface area contributed by atoms with E-state index in [1.165, 1.54) is 6.08 Å². The van der Waals surface area contributed by atoms with E-state index in [-0.39, 0.29) is 13.2 Å². The molecule has 0 aliphatic carbocycles. The number of hydrogen-bond donors (Lipinski definition) is 0. The standard InChI is InChI=1S/C12H18O7S/c1-11(2)16-7-9(18-11)12(8-17-20(3,14)15)6-4-5-10(13)19-12/h4-5,9H,6-8H2,1-3H3/t9-,12-/m0/s1. The highest BCUT2D eigenvalue weighted by atomic mass is 32.2. The number of esters is 1. The minimum atomic E-state index is -3.65. The molecular formula is C12H18O7S. The Hall–Kier alpha value is -0.960. The summed E-state index contributed by atoms with van der Waals surface area (Å²) < 4.78 is 43.7. The van der Waals surface area contributed by atoms with Crippen molar-refractivity contribution in [1.82, 2.24) is 0 Å². The number of carbonyl (C=O) groups excluding carboxylic acids is 1. The van der Waals surface area contributed by atoms with E-state index < -0.39 is 33.6 Å². The second-order valence-corrected chi connectivity index (χ2v) is 7.02. The van der Waals surface area contributed by atoms with E-state index in [1.54, 1.807) is 19.9 Å². The predicted molar refractivity (Wildman–Crippen MR) is 68.3 cm³/mol. The molecular weight excluding hydrogens is 288 g/mol. The molecule has 0 amide bonds. The summed E-state index contributed by atoms with van der Waals surface area (Å²) in [6.07, 6.45) is 3.56. The van der Waals surface area contributed by atoms with E-state index in [1.807, 2.05) is 0 Å². The quantitative estimate of drug-likeness (QED) is 0.547. The van der Waals surface area contributed by atoms with Crippen LogP contribution in [-0.4, -0.2) is 51.3 Å². The first-order valence-corrected chi connectivity index (χ1v) is 7.99. The summed E-state index contributed by atoms with van der Waals surface area (Å²) in [4.78, 5) is 11.5. The monoisotopic (exact) mass is 306 g/mol. The van der Waals surface area contributed by atoms with Gasteiger partial charge in [-0.1, -0.05) is 6.08 Å². The maximum absolute atomic E-state index is 11.5. The Labute approximate surface area is 118 Å². The van der Waals surface area contributed by atoms with Crippen LogP contribution in [0.4, 0.5) is 0 Å². The van der Waals surface area contributed by atoms with Crippen LogP contribution in [0.1, 0.15) is 20.3 Å². The van der Waals surface area contributed by atoms with Gasteiger partial charge in [0.1, 0.15) is 12.7 Å². The third kappa shape index (κ3) is 3.57. The topological polar surface area (TPSA) is 88.1 Å². The third-order valence-electron chi connectivity index (χ3n) is 3.13. The van der Waals surface area contributed by atoms with Gasteiger partial charge in [-0.2, -0.15) is 8.42 Å². The summed E-state index contributed by atoms with van der Waals surface area (Å²) in [5, 5.41) is 0. The van der Waals surface area contributed by atoms with Gasteiger partial charge in [0.05, 0.1) is 12.9 Å². The van der Waals surface area contributed by atoms with Crippen LogP contribution in [0, 0.1) is 0 Å². The summed E-state index contributed by atoms with van der Waals surface area (Å²) in [6, 6.07) is 0. The summed E-state index contributed by atoms with van der Waals surface area (Å²) in [6.45, 7) is 3.37. The van der Waals surface area contributed by atoms with Crippen LogP contribution in [0.15, 0.2) is 12.2 Å². The first kappa shape index (κ1) is 15.4. The average molecular weight is 306 g/mol. The summed E-state index contributed by atoms with van der Waals surface area (Å²) in [5.41, 5.74) is -1.19. The fourth-order valence-corrected chi connectivity index (χ4v) is 2.58. The van der Waals surface area contributed by atoms with Crippen LogP contribution < -0.4 is 0 Å². The zero-order valence-electron chi connectivity index (χ0n) is 11.6. The molecule has 7 nitrogen and oxygen atoms in total. The lowest BCUT2D eigenvalue weighted by molar-refractivity contribution is -0.196. The van der Waals surface area contributed by atoms with E-state index in [9.17, 15) is 13.2 Å². The number of carbonyl (C=O) groups is 1. The van der Waals surface area contributed by atoms with Gasteiger partial charge in [0.2, 0.25) is 0 Å². The molecule has 0 aromatic rings. The first-order chi connectivity index (χ1) is 9.12. The van der Waals surface area contributed by atoms with Gasteiger partial charge in [-0.25, -0.2) is 4.79 Å². The molecule has 2 atom stereocenters. The number of cyclic esters (lactones) is 1. The Morgan fingerprint density at radius 2 is 2.15 bits per heavy atom. The van der Waals surface area contributed by atoms with Crippen LogP contribution in [-0.2, 0) is 33.3 Å². The van der Waals surface area contributed by atoms with Gasteiger partial charge in [0.25, 0.3) is 10.1 Å². The third-order valence-corrected chi connectivity index (χ3v) is 3.68. The number of ether oxygens (including phenoxy) is 3. The molecule has 2 aliphatic heterocycles. The second kappa shape index (κ2) is 5.10. The van der Waals surface area contributed by atoms with Gasteiger partial charge >= 0.3 is 5.97 Å². The molecule has 0 spiro atoms. The van der Waals surface area contributed by atoms with Crippen LogP contribution in [0.5, 0.6) is 0 Å². The molecule has 0 bridgehead atoms. The van der Waals surface area contributed by atoms with Crippen molar-refractivity contribution in [3.63, 3.8) is 0 Å². The second-order valence-electron chi connectivity index (χ2n) is 5.38. The van der Waals surface area contributed by atoms with Crippen LogP contribution in [0.3, 0.4) is 0 Å². The van der Waals surface area contributed by atoms with E-state index in [2.05, 4.69) is 0 Å². The normalized spacial score (nSPS) is 33.1. The minimum absolute atomic E-state index is 0.196. The van der Waals surface area contributed by atoms with Gasteiger partial charge in [-0.3, -0.25) is 4.18 Å². The highest BCUT2D eigenvalue weighted by Gasteiger charge is 2.51. The molecule has 2 aliphatic rings. The van der Waals surface area contributed by atoms with Crippen molar-refractivity contribution in [2.75, 3.05) is 19.5 Å². The maximum Gasteiger partial charge on any atom is 0.331 e. The van der Waals surface area contributed by atoms with Gasteiger partial charge in [0.15, 0.2) is 11.4 Å². The predicted octanol–water partition coefficient (Wildman–Crippen LogP) is 0.356. The SMILES string of the molecule is CC1(C)OC[C@@H]([C@@]2(COS(C)(=O)=O)CC=CC(=O)O2)O1. The number of rotatable bonds is 4. The van der Waals surface area contributed by atoms with Crippen molar-refractivity contribution in [2.45, 2.75) is 37.8 Å². The molecule has 20 heavy (non-hydrogen) atoms. The summed E-state index contributed by atoms with van der Waals surface area (Å²) in [7, 11) is -3.65. The molecule has 0 saturated carbocycles. The van der Waals surface area contributed by atoms with Crippen molar-refractivity contribution in [2.24, 2.45) is 0 Å². The molecule has 0 aromatic carbocycles. The average Bonchev–Trinajstić information content (AvgIpc) is 2.67. The zero-order chi connectivity index (χ0) is 15.0. The molecule has 1 saturated heterocycles. The Morgan fingerprint density at radius 3 is 2.65 bits per heavy atom. The van der Waals surface area contributed by atoms with Gasteiger partial charge < -0.3 is 14.2 Å². The fraction of sp³-hybridized carbons (Fsp3) is 0.750. The molecule has 8 heteroatoms. The smallest absolute Gasteiger partial charge is 0.331 e. The van der Waals surface area contributed by atoms with Crippen LogP contribution in [0.2, 0.25) is 0 Å². The van der Waals surface area contributed by atoms with Crippen molar-refractivity contribution < 1.29 is 31.6 Å². The lowest BCUT2D eigenvalue weighted by Crippen LogP contribution is -2.53. The summed E-state index contributed by atoms with van der Waals surface area (Å²) in [5.74, 6) is -1.36. The van der Waals surface area contributed by atoms with Crippen molar-refractivity contribution >= 4 is 16.1 Å². The lowest BCUT2D eigenvalue weighted by Gasteiger charge is -2.37. The van der Waals surface area contributed by atoms with Crippen molar-refractivity contribution in [3.8, 4) is 0 Å². The molecule has 0 unspecified atom stereocenters. The van der Waals surface area contributed by atoms with Gasteiger partial charge in [0, 0.05) is 12.5 Å². The fourth-order valence-electron chi connectivity index (χ4n) is 2.16. The minimum Gasteiger partial charge on any atom is -0.450 e. The van der Waals surface area contributed by atoms with Gasteiger partial charge in [-0.05, 0) is 13.8 Å². The molecule has 0 aromatic heterocycles. The summed E-state index contributed by atoms with van der Waals surface area (Å²) >= 11 is 0. The Balaban J connectivity index is 2.21. The van der Waals surface area contributed by atoms with Crippen molar-refractivity contribution in [1.29, 1.82) is 0 Å². The van der Waals surface area contributed by atoms with Crippen molar-refractivity contribution in [3.05, 3.63) is 12.2 Å². The van der Waals surface area contributed by atoms with Crippen LogP contribution in [0.25, 0.3) is 0 Å². The van der Waals surface area contributed by atoms with Crippen LogP contribution >= 0.6 is 0 Å². The highest BCUT2D eigenvalue weighted by Crippen LogP contribution is 2.36. The molecule has 0 radical (unpaired) electrons. The highest BCUT2D eigenvalue weighted by molar-refractivity contribution is 7.85. The number of hydrogen-bond acceptors (Lipinski definition) is 7. The Kier molecular flexibility index (Phi) is 3.94. The molecule has 2 heterocycles. The molecule has 2 rings (SSSR count). The van der Waals surface area contributed by atoms with E-state index in [0.717, 1.165) is 6.26 Å². The molecule has 1 fully saturated rings. The van der Waals surface area contributed by atoms with Gasteiger partial charge in [-0.15, -0.1) is 0 Å². The van der Waals surface area contributed by atoms with E-state index in [4.69, 9.17) is 18.4 Å². The molecule has 0 N–H and O–H groups in total. The first-order valence-electron chi connectivity index (χ1n) is 6.18. The largest absolute Gasteiger partial charge is 0.450 e. The zero-order valence-corrected chi connectivity index (χ0v) is 12.4. The molecule has 114 valence electrons. The Bertz CT molecular complexity index is 522. The van der Waals surface area contributed by atoms with E-state index >= 15 is 0 Å². The lowest BCUT2D eigenvalue weighted by atomic mass is 9.92. The maximum atomic E-state index is 11.5. The van der Waals surface area contributed by atoms with E-state index in [0.29, 0.717) is 6.42 Å². The Morgan fingerprint density at radius 1 is 1.45 bits per heavy atom.